The Hall–Kier alpha value is -1.81. The van der Waals surface area contributed by atoms with Crippen molar-refractivity contribution in [3.05, 3.63) is 36.0 Å². The standard InChI is InChI=1S/C15H18N3O/c1-2-17-7-9-18(10-8-17)15(19)13-4-3-12-5-6-16-14(12)11-13/h3-4,6,11,16H,2,7-10H2,1H3. The fraction of sp³-hybridized carbons (Fsp3) is 0.400. The molecule has 1 aliphatic heterocycles. The van der Waals surface area contributed by atoms with E-state index in [-0.39, 0.29) is 5.91 Å². The zero-order valence-electron chi connectivity index (χ0n) is 11.1. The molecule has 1 radical (unpaired) electrons. The molecule has 1 amide bonds. The maximum atomic E-state index is 12.4. The highest BCUT2D eigenvalue weighted by atomic mass is 16.2. The van der Waals surface area contributed by atoms with Crippen LogP contribution in [0.2, 0.25) is 0 Å². The first-order chi connectivity index (χ1) is 9.28. The minimum Gasteiger partial charge on any atom is -0.361 e. The van der Waals surface area contributed by atoms with E-state index in [1.54, 1.807) is 6.20 Å². The van der Waals surface area contributed by atoms with Crippen molar-refractivity contribution in [1.29, 1.82) is 0 Å². The zero-order valence-corrected chi connectivity index (χ0v) is 11.1. The molecule has 1 aromatic carbocycles. The van der Waals surface area contributed by atoms with Crippen LogP contribution in [0.3, 0.4) is 0 Å². The van der Waals surface area contributed by atoms with Gasteiger partial charge < -0.3 is 14.8 Å². The van der Waals surface area contributed by atoms with Gasteiger partial charge in [-0.2, -0.15) is 0 Å². The van der Waals surface area contributed by atoms with Crippen LogP contribution in [0.5, 0.6) is 0 Å². The van der Waals surface area contributed by atoms with Gasteiger partial charge in [-0.05, 0) is 18.7 Å². The molecule has 3 rings (SSSR count). The minimum atomic E-state index is 0.132. The highest BCUT2D eigenvalue weighted by Crippen LogP contribution is 2.16. The average Bonchev–Trinajstić information content (AvgIpc) is 2.94. The van der Waals surface area contributed by atoms with Crippen LogP contribution in [-0.2, 0) is 0 Å². The molecule has 1 fully saturated rings. The number of hydrogen-bond donors (Lipinski definition) is 1. The van der Waals surface area contributed by atoms with E-state index in [1.807, 2.05) is 23.1 Å². The van der Waals surface area contributed by atoms with Crippen LogP contribution in [0.1, 0.15) is 17.3 Å². The molecule has 2 aromatic rings. The molecule has 0 aliphatic carbocycles. The van der Waals surface area contributed by atoms with E-state index in [2.05, 4.69) is 22.9 Å². The van der Waals surface area contributed by atoms with Crippen molar-refractivity contribution in [3.63, 3.8) is 0 Å². The van der Waals surface area contributed by atoms with Crippen molar-refractivity contribution >= 4 is 16.8 Å². The number of aromatic nitrogens is 1. The number of amides is 1. The van der Waals surface area contributed by atoms with Gasteiger partial charge in [-0.1, -0.05) is 13.0 Å². The van der Waals surface area contributed by atoms with Gasteiger partial charge in [0.25, 0.3) is 5.91 Å². The van der Waals surface area contributed by atoms with Crippen molar-refractivity contribution in [1.82, 2.24) is 14.8 Å². The van der Waals surface area contributed by atoms with Gasteiger partial charge in [0, 0.05) is 54.9 Å². The largest absolute Gasteiger partial charge is 0.361 e. The fourth-order valence-corrected chi connectivity index (χ4v) is 2.56. The first kappa shape index (κ1) is 12.2. The van der Waals surface area contributed by atoms with Crippen LogP contribution in [0.15, 0.2) is 24.4 Å². The van der Waals surface area contributed by atoms with Crippen LogP contribution in [0, 0.1) is 6.07 Å². The van der Waals surface area contributed by atoms with Gasteiger partial charge in [0.2, 0.25) is 0 Å². The van der Waals surface area contributed by atoms with E-state index in [0.29, 0.717) is 0 Å². The molecular weight excluding hydrogens is 238 g/mol. The number of carbonyl (C=O) groups is 1. The summed E-state index contributed by atoms with van der Waals surface area (Å²) in [6, 6.07) is 8.84. The molecule has 4 heteroatoms. The Labute approximate surface area is 113 Å². The van der Waals surface area contributed by atoms with Gasteiger partial charge >= 0.3 is 0 Å². The summed E-state index contributed by atoms with van der Waals surface area (Å²) in [5.74, 6) is 0.132. The maximum Gasteiger partial charge on any atom is 0.254 e. The Morgan fingerprint density at radius 1 is 1.32 bits per heavy atom. The van der Waals surface area contributed by atoms with Crippen LogP contribution in [0.4, 0.5) is 0 Å². The monoisotopic (exact) mass is 256 g/mol. The van der Waals surface area contributed by atoms with Gasteiger partial charge in [-0.25, -0.2) is 0 Å². The van der Waals surface area contributed by atoms with E-state index < -0.39 is 0 Å². The van der Waals surface area contributed by atoms with E-state index in [9.17, 15) is 4.79 Å². The van der Waals surface area contributed by atoms with Crippen LogP contribution >= 0.6 is 0 Å². The third kappa shape index (κ3) is 2.36. The van der Waals surface area contributed by atoms with E-state index in [4.69, 9.17) is 0 Å². The van der Waals surface area contributed by atoms with Crippen LogP contribution < -0.4 is 0 Å². The van der Waals surface area contributed by atoms with Gasteiger partial charge in [0.05, 0.1) is 0 Å². The molecule has 4 nitrogen and oxygen atoms in total. The normalized spacial score (nSPS) is 17.0. The smallest absolute Gasteiger partial charge is 0.254 e. The lowest BCUT2D eigenvalue weighted by atomic mass is 10.1. The fourth-order valence-electron chi connectivity index (χ4n) is 2.56. The maximum absolute atomic E-state index is 12.4. The second-order valence-corrected chi connectivity index (χ2v) is 4.92. The Bertz CT molecular complexity index is 582. The molecule has 1 aliphatic rings. The van der Waals surface area contributed by atoms with Gasteiger partial charge in [-0.3, -0.25) is 4.79 Å². The minimum absolute atomic E-state index is 0.132. The third-order valence-electron chi connectivity index (χ3n) is 3.83. The molecule has 1 N–H and O–H groups in total. The molecule has 1 aromatic heterocycles. The summed E-state index contributed by atoms with van der Waals surface area (Å²) in [5, 5.41) is 1.02. The number of carbonyl (C=O) groups excluding carboxylic acids is 1. The van der Waals surface area contributed by atoms with Crippen LogP contribution in [0.25, 0.3) is 10.9 Å². The average molecular weight is 256 g/mol. The summed E-state index contributed by atoms with van der Waals surface area (Å²) in [7, 11) is 0. The first-order valence-corrected chi connectivity index (χ1v) is 6.78. The molecule has 2 heterocycles. The van der Waals surface area contributed by atoms with E-state index in [0.717, 1.165) is 49.2 Å². The lowest BCUT2D eigenvalue weighted by Crippen LogP contribution is -2.48. The zero-order chi connectivity index (χ0) is 13.2. The molecule has 0 spiro atoms. The quantitative estimate of drug-likeness (QED) is 0.889. The number of nitrogens with zero attached hydrogens (tertiary/aromatic N) is 2. The predicted molar refractivity (Wildman–Crippen MR) is 75.2 cm³/mol. The lowest BCUT2D eigenvalue weighted by molar-refractivity contribution is 0.0643. The molecule has 0 unspecified atom stereocenters. The summed E-state index contributed by atoms with van der Waals surface area (Å²) in [4.78, 5) is 19.9. The number of fused-ring (bicyclic) bond motifs is 1. The topological polar surface area (TPSA) is 39.3 Å². The van der Waals surface area contributed by atoms with Crippen molar-refractivity contribution in [2.75, 3.05) is 32.7 Å². The predicted octanol–water partition coefficient (Wildman–Crippen LogP) is 1.75. The number of H-pyrrole nitrogens is 1. The molecule has 0 saturated carbocycles. The number of benzene rings is 1. The second kappa shape index (κ2) is 5.05. The van der Waals surface area contributed by atoms with Gasteiger partial charge in [0.15, 0.2) is 0 Å². The highest BCUT2D eigenvalue weighted by Gasteiger charge is 2.21. The summed E-state index contributed by atoms with van der Waals surface area (Å²) >= 11 is 0. The Balaban J connectivity index is 1.76. The summed E-state index contributed by atoms with van der Waals surface area (Å²) < 4.78 is 0. The first-order valence-electron chi connectivity index (χ1n) is 6.78. The van der Waals surface area contributed by atoms with Crippen molar-refractivity contribution < 1.29 is 4.79 Å². The third-order valence-corrected chi connectivity index (χ3v) is 3.83. The number of piperazine rings is 1. The number of rotatable bonds is 2. The summed E-state index contributed by atoms with van der Waals surface area (Å²) in [6.45, 7) is 6.81. The molecule has 19 heavy (non-hydrogen) atoms. The molecular formula is C15H18N3O. The van der Waals surface area contributed by atoms with Gasteiger partial charge in [-0.15, -0.1) is 0 Å². The summed E-state index contributed by atoms with van der Waals surface area (Å²) in [5.41, 5.74) is 1.73. The Kier molecular flexibility index (Phi) is 3.25. The SMILES string of the molecule is CCN1CCN(C(=O)c2ccc3[c]c[nH]c3c2)CC1. The summed E-state index contributed by atoms with van der Waals surface area (Å²) in [6.07, 6.45) is 1.78. The Morgan fingerprint density at radius 2 is 2.11 bits per heavy atom. The second-order valence-electron chi connectivity index (χ2n) is 4.92. The highest BCUT2D eigenvalue weighted by molar-refractivity contribution is 5.97. The molecule has 1 saturated heterocycles. The van der Waals surface area contributed by atoms with Gasteiger partial charge in [0.1, 0.15) is 0 Å². The number of aromatic amines is 1. The van der Waals surface area contributed by atoms with Crippen LogP contribution in [-0.4, -0.2) is 53.4 Å². The number of likely N-dealkylation sites (N-methyl/N-ethyl adjacent to an activating group) is 1. The molecule has 0 bridgehead atoms. The van der Waals surface area contributed by atoms with Crippen molar-refractivity contribution in [2.24, 2.45) is 0 Å². The molecule has 0 atom stereocenters. The van der Waals surface area contributed by atoms with E-state index in [1.165, 1.54) is 0 Å². The number of nitrogens with one attached hydrogen (secondary N) is 1. The number of hydrogen-bond acceptors (Lipinski definition) is 2. The Morgan fingerprint density at radius 3 is 2.84 bits per heavy atom. The van der Waals surface area contributed by atoms with Crippen molar-refractivity contribution in [2.45, 2.75) is 6.92 Å². The van der Waals surface area contributed by atoms with E-state index >= 15 is 0 Å². The molecule has 99 valence electrons. The lowest BCUT2D eigenvalue weighted by Gasteiger charge is -2.34. The van der Waals surface area contributed by atoms with Crippen molar-refractivity contribution in [3.8, 4) is 0 Å².